The van der Waals surface area contributed by atoms with Crippen LogP contribution in [0, 0.1) is 11.6 Å². The van der Waals surface area contributed by atoms with Gasteiger partial charge in [-0.25, -0.2) is 13.6 Å². The number of carbonyl (C=O) groups excluding carboxylic acids is 1. The predicted molar refractivity (Wildman–Crippen MR) is 53.3 cm³/mol. The fraction of sp³-hybridized carbons (Fsp3) is 0.182. The van der Waals surface area contributed by atoms with Crippen LogP contribution < -0.4 is 0 Å². The minimum atomic E-state index is -1.16. The van der Waals surface area contributed by atoms with E-state index in [0.717, 1.165) is 7.11 Å². The van der Waals surface area contributed by atoms with Crippen LogP contribution in [0.4, 0.5) is 8.78 Å². The molecule has 0 aliphatic heterocycles. The molecule has 1 rings (SSSR count). The van der Waals surface area contributed by atoms with Crippen LogP contribution in [0.3, 0.4) is 0 Å². The molecule has 3 nitrogen and oxygen atoms in total. The first-order valence-electron chi connectivity index (χ1n) is 4.42. The topological polar surface area (TPSA) is 46.5 Å². The Kier molecular flexibility index (Phi) is 3.60. The van der Waals surface area contributed by atoms with Crippen molar-refractivity contribution in [1.82, 2.24) is 0 Å². The Morgan fingerprint density at radius 3 is 2.69 bits per heavy atom. The van der Waals surface area contributed by atoms with Gasteiger partial charge in [-0.15, -0.1) is 6.58 Å². The zero-order chi connectivity index (χ0) is 12.3. The summed E-state index contributed by atoms with van der Waals surface area (Å²) in [5.41, 5.74) is -0.849. The second-order valence-corrected chi connectivity index (χ2v) is 3.03. The number of phenols is 1. The maximum atomic E-state index is 13.2. The SMILES string of the molecule is C=CCc1c(F)cc(F)c(C(=O)OC)c1O. The fourth-order valence-electron chi connectivity index (χ4n) is 1.28. The first-order chi connectivity index (χ1) is 7.52. The molecule has 0 bridgehead atoms. The Bertz CT molecular complexity index is 441. The van der Waals surface area contributed by atoms with E-state index < -0.39 is 28.9 Å². The molecule has 5 heteroatoms. The van der Waals surface area contributed by atoms with E-state index in [-0.39, 0.29) is 12.0 Å². The maximum Gasteiger partial charge on any atom is 0.344 e. The van der Waals surface area contributed by atoms with E-state index >= 15 is 0 Å². The van der Waals surface area contributed by atoms with Gasteiger partial charge in [0.2, 0.25) is 0 Å². The zero-order valence-corrected chi connectivity index (χ0v) is 8.59. The van der Waals surface area contributed by atoms with Gasteiger partial charge in [-0.3, -0.25) is 0 Å². The first-order valence-corrected chi connectivity index (χ1v) is 4.42. The second kappa shape index (κ2) is 4.74. The third kappa shape index (κ3) is 2.03. The number of halogens is 2. The Morgan fingerprint density at radius 1 is 1.56 bits per heavy atom. The van der Waals surface area contributed by atoms with Crippen molar-refractivity contribution >= 4 is 5.97 Å². The molecule has 1 aromatic carbocycles. The zero-order valence-electron chi connectivity index (χ0n) is 8.59. The van der Waals surface area contributed by atoms with Gasteiger partial charge in [-0.05, 0) is 6.42 Å². The molecule has 0 aliphatic carbocycles. The molecule has 0 heterocycles. The number of esters is 1. The molecule has 1 N–H and O–H groups in total. The molecule has 0 atom stereocenters. The molecule has 0 spiro atoms. The van der Waals surface area contributed by atoms with Gasteiger partial charge in [0.05, 0.1) is 7.11 Å². The Morgan fingerprint density at radius 2 is 2.19 bits per heavy atom. The first kappa shape index (κ1) is 12.2. The molecule has 0 aliphatic rings. The number of methoxy groups -OCH3 is 1. The van der Waals surface area contributed by atoms with Crippen molar-refractivity contribution in [2.45, 2.75) is 6.42 Å². The van der Waals surface area contributed by atoms with Gasteiger partial charge in [0.1, 0.15) is 22.9 Å². The summed E-state index contributed by atoms with van der Waals surface area (Å²) in [5, 5.41) is 9.55. The van der Waals surface area contributed by atoms with Crippen molar-refractivity contribution in [3.63, 3.8) is 0 Å². The van der Waals surface area contributed by atoms with Crippen molar-refractivity contribution in [1.29, 1.82) is 0 Å². The molecular formula is C11H10F2O3. The van der Waals surface area contributed by atoms with Crippen LogP contribution >= 0.6 is 0 Å². The van der Waals surface area contributed by atoms with Gasteiger partial charge in [-0.1, -0.05) is 6.08 Å². The number of rotatable bonds is 3. The highest BCUT2D eigenvalue weighted by Crippen LogP contribution is 2.29. The molecule has 86 valence electrons. The van der Waals surface area contributed by atoms with Crippen molar-refractivity contribution in [2.75, 3.05) is 7.11 Å². The highest BCUT2D eigenvalue weighted by molar-refractivity contribution is 5.93. The third-order valence-corrected chi connectivity index (χ3v) is 2.04. The number of carbonyl (C=O) groups is 1. The molecule has 0 amide bonds. The maximum absolute atomic E-state index is 13.2. The number of hydrogen-bond acceptors (Lipinski definition) is 3. The number of hydrogen-bond donors (Lipinski definition) is 1. The van der Waals surface area contributed by atoms with Crippen molar-refractivity contribution in [3.8, 4) is 5.75 Å². The fourth-order valence-corrected chi connectivity index (χ4v) is 1.28. The average Bonchev–Trinajstić information content (AvgIpc) is 2.23. The highest BCUT2D eigenvalue weighted by Gasteiger charge is 2.23. The van der Waals surface area contributed by atoms with Crippen molar-refractivity contribution in [2.24, 2.45) is 0 Å². The van der Waals surface area contributed by atoms with Gasteiger partial charge in [-0.2, -0.15) is 0 Å². The lowest BCUT2D eigenvalue weighted by Crippen LogP contribution is -2.08. The molecule has 0 unspecified atom stereocenters. The summed E-state index contributed by atoms with van der Waals surface area (Å²) in [5.74, 6) is -3.89. The average molecular weight is 228 g/mol. The molecule has 0 radical (unpaired) electrons. The smallest absolute Gasteiger partial charge is 0.344 e. The van der Waals surface area contributed by atoms with E-state index in [2.05, 4.69) is 11.3 Å². The van der Waals surface area contributed by atoms with Gasteiger partial charge in [0.25, 0.3) is 0 Å². The van der Waals surface area contributed by atoms with E-state index in [0.29, 0.717) is 6.07 Å². The van der Waals surface area contributed by atoms with E-state index in [1.807, 2.05) is 0 Å². The summed E-state index contributed by atoms with van der Waals surface area (Å²) in [6.45, 7) is 3.37. The minimum Gasteiger partial charge on any atom is -0.507 e. The van der Waals surface area contributed by atoms with Gasteiger partial charge in [0, 0.05) is 11.6 Å². The summed E-state index contributed by atoms with van der Waals surface area (Å²) in [7, 11) is 1.04. The summed E-state index contributed by atoms with van der Waals surface area (Å²) >= 11 is 0. The van der Waals surface area contributed by atoms with Crippen molar-refractivity contribution in [3.05, 3.63) is 41.5 Å². The van der Waals surface area contributed by atoms with Crippen LogP contribution in [0.1, 0.15) is 15.9 Å². The monoisotopic (exact) mass is 228 g/mol. The van der Waals surface area contributed by atoms with Crippen LogP contribution in [0.2, 0.25) is 0 Å². The normalized spacial score (nSPS) is 9.94. The van der Waals surface area contributed by atoms with E-state index in [4.69, 9.17) is 0 Å². The number of phenolic OH excluding ortho intramolecular Hbond substituents is 1. The van der Waals surface area contributed by atoms with Crippen LogP contribution in [0.15, 0.2) is 18.7 Å². The summed E-state index contributed by atoms with van der Waals surface area (Å²) < 4.78 is 30.8. The largest absolute Gasteiger partial charge is 0.507 e. The highest BCUT2D eigenvalue weighted by atomic mass is 19.1. The molecule has 0 saturated heterocycles. The molecule has 1 aromatic rings. The minimum absolute atomic E-state index is 0.0120. The van der Waals surface area contributed by atoms with Crippen molar-refractivity contribution < 1.29 is 23.4 Å². The van der Waals surface area contributed by atoms with Crippen LogP contribution in [0.25, 0.3) is 0 Å². The molecule has 16 heavy (non-hydrogen) atoms. The summed E-state index contributed by atoms with van der Waals surface area (Å²) in [6.07, 6.45) is 1.32. The number of benzene rings is 1. The van der Waals surface area contributed by atoms with E-state index in [1.54, 1.807) is 0 Å². The lowest BCUT2D eigenvalue weighted by atomic mass is 10.0. The predicted octanol–water partition coefficient (Wildman–Crippen LogP) is 2.19. The van der Waals surface area contributed by atoms with E-state index in [9.17, 15) is 18.7 Å². The van der Waals surface area contributed by atoms with Crippen LogP contribution in [0.5, 0.6) is 5.75 Å². The number of ether oxygens (including phenoxy) is 1. The standard InChI is InChI=1S/C11H10F2O3/c1-3-4-6-7(12)5-8(13)9(10(6)14)11(15)16-2/h3,5,14H,1,4H2,2H3. The van der Waals surface area contributed by atoms with Gasteiger partial charge < -0.3 is 9.84 Å². The number of allylic oxidation sites excluding steroid dienone is 1. The van der Waals surface area contributed by atoms with Gasteiger partial charge >= 0.3 is 5.97 Å². The quantitative estimate of drug-likeness (QED) is 0.637. The Balaban J connectivity index is 3.44. The molecule has 0 aromatic heterocycles. The molecule has 0 fully saturated rings. The summed E-state index contributed by atoms with van der Waals surface area (Å²) in [6, 6.07) is 0.533. The third-order valence-electron chi connectivity index (χ3n) is 2.04. The molecular weight excluding hydrogens is 218 g/mol. The summed E-state index contributed by atoms with van der Waals surface area (Å²) in [4.78, 5) is 11.2. The Labute approximate surface area is 91.0 Å². The van der Waals surface area contributed by atoms with Crippen LogP contribution in [-0.4, -0.2) is 18.2 Å². The Hall–Kier alpha value is -1.91. The lowest BCUT2D eigenvalue weighted by Gasteiger charge is -2.09. The van der Waals surface area contributed by atoms with Crippen LogP contribution in [-0.2, 0) is 11.2 Å². The second-order valence-electron chi connectivity index (χ2n) is 3.03. The molecule has 0 saturated carbocycles. The number of aromatic hydroxyl groups is 1. The van der Waals surface area contributed by atoms with Gasteiger partial charge in [0.15, 0.2) is 0 Å². The lowest BCUT2D eigenvalue weighted by molar-refractivity contribution is 0.0591. The van der Waals surface area contributed by atoms with E-state index in [1.165, 1.54) is 6.08 Å².